The number of hydrogen-bond acceptors (Lipinski definition) is 3. The van der Waals surface area contributed by atoms with Crippen LogP contribution in [0.15, 0.2) is 17.2 Å². The smallest absolute Gasteiger partial charge is 0.337 e. The molecule has 5 nitrogen and oxygen atoms in total. The minimum absolute atomic E-state index is 0.0113. The fourth-order valence-electron chi connectivity index (χ4n) is 1.93. The normalized spacial score (nSPS) is 16.0. The van der Waals surface area contributed by atoms with E-state index in [-0.39, 0.29) is 11.7 Å². The van der Waals surface area contributed by atoms with Crippen LogP contribution in [-0.2, 0) is 15.6 Å². The van der Waals surface area contributed by atoms with Crippen molar-refractivity contribution in [2.45, 2.75) is 36.5 Å². The number of rotatable bonds is 4. The maximum Gasteiger partial charge on any atom is 0.406 e. The summed E-state index contributed by atoms with van der Waals surface area (Å²) < 4.78 is 60.7. The third kappa shape index (κ3) is 3.91. The van der Waals surface area contributed by atoms with E-state index in [4.69, 9.17) is 10.7 Å². The van der Waals surface area contributed by atoms with E-state index in [2.05, 4.69) is 0 Å². The molecule has 1 amide bonds. The van der Waals surface area contributed by atoms with Crippen LogP contribution in [0, 0.1) is 0 Å². The molecule has 1 heterocycles. The van der Waals surface area contributed by atoms with Gasteiger partial charge in [0.05, 0.1) is 0 Å². The molecule has 118 valence electrons. The van der Waals surface area contributed by atoms with Crippen LogP contribution in [0.4, 0.5) is 13.2 Å². The minimum Gasteiger partial charge on any atom is -0.337 e. The second kappa shape index (κ2) is 5.20. The number of halogens is 4. The van der Waals surface area contributed by atoms with E-state index in [0.29, 0.717) is 4.57 Å². The van der Waals surface area contributed by atoms with Gasteiger partial charge in [0.25, 0.3) is 15.0 Å². The Morgan fingerprint density at radius 3 is 2.48 bits per heavy atom. The molecular weight excluding hydrogens is 333 g/mol. The molecule has 0 spiro atoms. The van der Waals surface area contributed by atoms with Crippen molar-refractivity contribution in [3.8, 4) is 0 Å². The first-order valence-electron chi connectivity index (χ1n) is 5.98. The van der Waals surface area contributed by atoms with Crippen molar-refractivity contribution in [1.82, 2.24) is 9.47 Å². The maximum atomic E-state index is 12.5. The van der Waals surface area contributed by atoms with Crippen LogP contribution in [0.3, 0.4) is 0 Å². The number of hydrogen-bond donors (Lipinski definition) is 0. The first-order valence-corrected chi connectivity index (χ1v) is 8.29. The highest BCUT2D eigenvalue weighted by Gasteiger charge is 2.35. The lowest BCUT2D eigenvalue weighted by Gasteiger charge is -2.18. The number of aromatic nitrogens is 1. The molecule has 1 fully saturated rings. The summed E-state index contributed by atoms with van der Waals surface area (Å²) in [4.78, 5) is 13.0. The SMILES string of the molecule is CN(C(=O)c1cc(S(=O)(=O)Cl)cn1CC(F)(F)F)C1CC1. The molecule has 0 radical (unpaired) electrons. The fraction of sp³-hybridized carbons (Fsp3) is 0.545. The van der Waals surface area contributed by atoms with Gasteiger partial charge in [0.1, 0.15) is 17.1 Å². The molecule has 0 bridgehead atoms. The number of nitrogens with zero attached hydrogens (tertiary/aromatic N) is 2. The van der Waals surface area contributed by atoms with E-state index >= 15 is 0 Å². The molecular formula is C11H12ClF3N2O3S. The Hall–Kier alpha value is -1.22. The summed E-state index contributed by atoms with van der Waals surface area (Å²) in [6.45, 7) is -1.46. The summed E-state index contributed by atoms with van der Waals surface area (Å²) in [7, 11) is 2.39. The summed E-state index contributed by atoms with van der Waals surface area (Å²) in [6, 6.07) is 0.859. The quantitative estimate of drug-likeness (QED) is 0.787. The number of carbonyl (C=O) groups excluding carboxylic acids is 1. The Kier molecular flexibility index (Phi) is 4.00. The Morgan fingerprint density at radius 1 is 1.48 bits per heavy atom. The van der Waals surface area contributed by atoms with Crippen molar-refractivity contribution in [1.29, 1.82) is 0 Å². The lowest BCUT2D eigenvalue weighted by atomic mass is 10.3. The van der Waals surface area contributed by atoms with Gasteiger partial charge in [0.15, 0.2) is 0 Å². The van der Waals surface area contributed by atoms with Crippen molar-refractivity contribution in [3.63, 3.8) is 0 Å². The molecule has 1 saturated carbocycles. The maximum absolute atomic E-state index is 12.5. The molecule has 1 aliphatic carbocycles. The van der Waals surface area contributed by atoms with Gasteiger partial charge in [-0.05, 0) is 18.9 Å². The first kappa shape index (κ1) is 16.2. The zero-order valence-corrected chi connectivity index (χ0v) is 12.5. The molecule has 2 rings (SSSR count). The summed E-state index contributed by atoms with van der Waals surface area (Å²) in [5.41, 5.74) is -0.346. The van der Waals surface area contributed by atoms with E-state index in [9.17, 15) is 26.4 Å². The molecule has 0 aliphatic heterocycles. The fourth-order valence-corrected chi connectivity index (χ4v) is 2.69. The van der Waals surface area contributed by atoms with Crippen LogP contribution in [0.1, 0.15) is 23.3 Å². The van der Waals surface area contributed by atoms with Gasteiger partial charge in [-0.3, -0.25) is 4.79 Å². The molecule has 0 aromatic carbocycles. The predicted octanol–water partition coefficient (Wildman–Crippen LogP) is 2.21. The molecule has 0 atom stereocenters. The van der Waals surface area contributed by atoms with E-state index in [0.717, 1.165) is 25.1 Å². The van der Waals surface area contributed by atoms with Crippen LogP contribution >= 0.6 is 10.7 Å². The van der Waals surface area contributed by atoms with Gasteiger partial charge in [-0.15, -0.1) is 0 Å². The van der Waals surface area contributed by atoms with Crippen molar-refractivity contribution in [2.24, 2.45) is 0 Å². The highest BCUT2D eigenvalue weighted by Crippen LogP contribution is 2.29. The van der Waals surface area contributed by atoms with Crippen molar-refractivity contribution in [2.75, 3.05) is 7.05 Å². The summed E-state index contributed by atoms with van der Waals surface area (Å²) in [5.74, 6) is -0.659. The number of alkyl halides is 3. The second-order valence-electron chi connectivity index (χ2n) is 4.89. The summed E-state index contributed by atoms with van der Waals surface area (Å²) in [6.07, 6.45) is -2.30. The van der Waals surface area contributed by atoms with Gasteiger partial charge < -0.3 is 9.47 Å². The third-order valence-corrected chi connectivity index (χ3v) is 4.46. The van der Waals surface area contributed by atoms with E-state index in [1.54, 1.807) is 0 Å². The topological polar surface area (TPSA) is 59.4 Å². The van der Waals surface area contributed by atoms with Crippen LogP contribution in [0.25, 0.3) is 0 Å². The Morgan fingerprint density at radius 2 is 2.05 bits per heavy atom. The molecule has 0 N–H and O–H groups in total. The largest absolute Gasteiger partial charge is 0.406 e. The predicted molar refractivity (Wildman–Crippen MR) is 68.6 cm³/mol. The van der Waals surface area contributed by atoms with Gasteiger partial charge in [-0.25, -0.2) is 8.42 Å². The Bertz CT molecular complexity index is 665. The molecule has 1 aromatic heterocycles. The second-order valence-corrected chi connectivity index (χ2v) is 7.46. The lowest BCUT2D eigenvalue weighted by Crippen LogP contribution is -2.31. The first-order chi connectivity index (χ1) is 9.49. The number of carbonyl (C=O) groups is 1. The zero-order chi connectivity index (χ0) is 16.0. The van der Waals surface area contributed by atoms with Gasteiger partial charge in [0.2, 0.25) is 0 Å². The summed E-state index contributed by atoms with van der Waals surface area (Å²) >= 11 is 0. The van der Waals surface area contributed by atoms with Gasteiger partial charge >= 0.3 is 6.18 Å². The lowest BCUT2D eigenvalue weighted by molar-refractivity contribution is -0.140. The average Bonchev–Trinajstić information content (AvgIpc) is 3.06. The molecule has 1 aromatic rings. The van der Waals surface area contributed by atoms with E-state index < -0.39 is 32.6 Å². The molecule has 0 saturated heterocycles. The number of amides is 1. The van der Waals surface area contributed by atoms with Crippen molar-refractivity contribution in [3.05, 3.63) is 18.0 Å². The standard InChI is InChI=1S/C11H12ClF3N2O3S/c1-16(7-2-3-7)10(18)9-4-8(21(12,19)20)5-17(9)6-11(13,14)15/h4-5,7H,2-3,6H2,1H3. The van der Waals surface area contributed by atoms with E-state index in [1.165, 1.54) is 11.9 Å². The van der Waals surface area contributed by atoms with Crippen LogP contribution in [0.2, 0.25) is 0 Å². The highest BCUT2D eigenvalue weighted by molar-refractivity contribution is 8.13. The van der Waals surface area contributed by atoms with Gasteiger partial charge in [0, 0.05) is 30.0 Å². The summed E-state index contributed by atoms with van der Waals surface area (Å²) in [5, 5.41) is 0. The van der Waals surface area contributed by atoms with Crippen molar-refractivity contribution >= 4 is 25.6 Å². The third-order valence-electron chi connectivity index (χ3n) is 3.14. The molecule has 0 unspecified atom stereocenters. The minimum atomic E-state index is -4.58. The van der Waals surface area contributed by atoms with Gasteiger partial charge in [-0.1, -0.05) is 0 Å². The Labute approximate surface area is 123 Å². The van der Waals surface area contributed by atoms with Gasteiger partial charge in [-0.2, -0.15) is 13.2 Å². The monoisotopic (exact) mass is 344 g/mol. The zero-order valence-electron chi connectivity index (χ0n) is 10.9. The average molecular weight is 345 g/mol. The highest BCUT2D eigenvalue weighted by atomic mass is 35.7. The van der Waals surface area contributed by atoms with Crippen LogP contribution in [0.5, 0.6) is 0 Å². The van der Waals surface area contributed by atoms with Crippen LogP contribution in [-0.4, -0.2) is 43.1 Å². The van der Waals surface area contributed by atoms with Crippen LogP contribution < -0.4 is 0 Å². The van der Waals surface area contributed by atoms with E-state index in [1.807, 2.05) is 0 Å². The molecule has 21 heavy (non-hydrogen) atoms. The Balaban J connectivity index is 2.41. The molecule has 1 aliphatic rings. The van der Waals surface area contributed by atoms with Crippen molar-refractivity contribution < 1.29 is 26.4 Å². The molecule has 10 heteroatoms.